The molecule has 1 aliphatic rings. The van der Waals surface area contributed by atoms with E-state index in [1.54, 1.807) is 37.2 Å². The highest BCUT2D eigenvalue weighted by Gasteiger charge is 2.36. The van der Waals surface area contributed by atoms with E-state index in [9.17, 15) is 14.4 Å². The van der Waals surface area contributed by atoms with Crippen LogP contribution < -0.4 is 5.32 Å². The Labute approximate surface area is 198 Å². The first-order valence-electron chi connectivity index (χ1n) is 10.8. The second kappa shape index (κ2) is 9.70. The molecule has 0 bridgehead atoms. The Kier molecular flexibility index (Phi) is 6.54. The summed E-state index contributed by atoms with van der Waals surface area (Å²) in [6, 6.07) is 22.0. The maximum atomic E-state index is 13.1. The van der Waals surface area contributed by atoms with Gasteiger partial charge in [-0.1, -0.05) is 48.5 Å². The average Bonchev–Trinajstić information content (AvgIpc) is 3.18. The molecule has 2 amide bonds. The Morgan fingerprint density at radius 1 is 0.971 bits per heavy atom. The highest BCUT2D eigenvalue weighted by atomic mass is 16.5. The molecular weight excluding hydrogens is 430 g/mol. The first-order chi connectivity index (χ1) is 16.4. The fourth-order valence-electron chi connectivity index (χ4n) is 3.84. The number of anilines is 1. The van der Waals surface area contributed by atoms with Gasteiger partial charge in [-0.15, -0.1) is 0 Å². The Balaban J connectivity index is 1.73. The molecule has 0 saturated carbocycles. The minimum absolute atomic E-state index is 0.0202. The van der Waals surface area contributed by atoms with Gasteiger partial charge in [0.1, 0.15) is 5.92 Å². The van der Waals surface area contributed by atoms with Crippen LogP contribution in [0.5, 0.6) is 0 Å². The third-order valence-corrected chi connectivity index (χ3v) is 5.69. The summed E-state index contributed by atoms with van der Waals surface area (Å²) in [7, 11) is 4.77. The number of hydrogen-bond acceptors (Lipinski definition) is 5. The number of aliphatic imine (C=N–C) groups is 1. The van der Waals surface area contributed by atoms with E-state index in [1.807, 2.05) is 54.6 Å². The summed E-state index contributed by atoms with van der Waals surface area (Å²) in [5.41, 5.74) is 4.65. The molecule has 0 saturated heterocycles. The van der Waals surface area contributed by atoms with Crippen molar-refractivity contribution < 1.29 is 19.1 Å². The van der Waals surface area contributed by atoms with Crippen LogP contribution in [0.15, 0.2) is 77.8 Å². The van der Waals surface area contributed by atoms with Crippen LogP contribution in [0.2, 0.25) is 0 Å². The first-order valence-corrected chi connectivity index (χ1v) is 10.8. The van der Waals surface area contributed by atoms with Gasteiger partial charge >= 0.3 is 5.97 Å². The van der Waals surface area contributed by atoms with Crippen molar-refractivity contribution in [3.05, 3.63) is 95.1 Å². The molecule has 1 aliphatic heterocycles. The van der Waals surface area contributed by atoms with Crippen LogP contribution in [0, 0.1) is 0 Å². The number of ether oxygens (including phenoxy) is 1. The molecule has 0 aliphatic carbocycles. The van der Waals surface area contributed by atoms with Crippen molar-refractivity contribution in [2.45, 2.75) is 12.3 Å². The van der Waals surface area contributed by atoms with Gasteiger partial charge in [0, 0.05) is 19.8 Å². The quantitative estimate of drug-likeness (QED) is 0.450. The van der Waals surface area contributed by atoms with Crippen LogP contribution in [0.25, 0.3) is 0 Å². The van der Waals surface area contributed by atoms with Crippen molar-refractivity contribution in [3.63, 3.8) is 0 Å². The van der Waals surface area contributed by atoms with Gasteiger partial charge in [-0.05, 0) is 41.0 Å². The number of likely N-dealkylation sites (N-methyl/N-ethyl adjacent to an activating group) is 1. The number of fused-ring (bicyclic) bond motifs is 1. The van der Waals surface area contributed by atoms with Crippen LogP contribution in [0.3, 0.4) is 0 Å². The summed E-state index contributed by atoms with van der Waals surface area (Å²) in [5, 5.41) is 2.87. The summed E-state index contributed by atoms with van der Waals surface area (Å²) in [6.45, 7) is 0. The smallest absolute Gasteiger partial charge is 0.337 e. The van der Waals surface area contributed by atoms with Gasteiger partial charge in [0.05, 0.1) is 30.5 Å². The number of nitrogens with one attached hydrogen (secondary N) is 1. The van der Waals surface area contributed by atoms with Crippen molar-refractivity contribution in [2.75, 3.05) is 26.5 Å². The fraction of sp³-hybridized carbons (Fsp3) is 0.185. The van der Waals surface area contributed by atoms with Gasteiger partial charge in [-0.3, -0.25) is 14.6 Å². The van der Waals surface area contributed by atoms with E-state index in [0.29, 0.717) is 29.1 Å². The van der Waals surface area contributed by atoms with Gasteiger partial charge in [0.25, 0.3) is 0 Å². The molecule has 0 radical (unpaired) electrons. The lowest BCUT2D eigenvalue weighted by Gasteiger charge is -2.14. The maximum absolute atomic E-state index is 13.1. The lowest BCUT2D eigenvalue weighted by atomic mass is 9.90. The summed E-state index contributed by atoms with van der Waals surface area (Å²) in [5.74, 6) is -1.30. The second-order valence-electron chi connectivity index (χ2n) is 8.21. The summed E-state index contributed by atoms with van der Waals surface area (Å²) in [6.07, 6.45) is 0.309. The number of nitrogens with zero attached hydrogens (tertiary/aromatic N) is 2. The van der Waals surface area contributed by atoms with Crippen molar-refractivity contribution >= 4 is 34.9 Å². The van der Waals surface area contributed by atoms with Crippen LogP contribution in [0.4, 0.5) is 11.4 Å². The summed E-state index contributed by atoms with van der Waals surface area (Å²) in [4.78, 5) is 43.4. The molecule has 34 heavy (non-hydrogen) atoms. The Morgan fingerprint density at radius 3 is 2.32 bits per heavy atom. The first kappa shape index (κ1) is 22.9. The van der Waals surface area contributed by atoms with Gasteiger partial charge < -0.3 is 15.0 Å². The van der Waals surface area contributed by atoms with Crippen LogP contribution in [-0.2, 0) is 20.7 Å². The molecule has 1 heterocycles. The Morgan fingerprint density at radius 2 is 1.68 bits per heavy atom. The number of esters is 1. The normalized spacial score (nSPS) is 14.9. The molecule has 0 fully saturated rings. The SMILES string of the molecule is COC(=O)c1ccc2c(c1)NC(=O)C2C(=Nc1ccc(CC(=O)N(C)C)cc1)c1ccccc1. The highest BCUT2D eigenvalue weighted by Crippen LogP contribution is 2.37. The van der Waals surface area contributed by atoms with Gasteiger partial charge in [-0.2, -0.15) is 0 Å². The molecule has 4 rings (SSSR count). The topological polar surface area (TPSA) is 88.1 Å². The molecule has 1 N–H and O–H groups in total. The summed E-state index contributed by atoms with van der Waals surface area (Å²) >= 11 is 0. The molecule has 3 aromatic rings. The van der Waals surface area contributed by atoms with Crippen molar-refractivity contribution in [3.8, 4) is 0 Å². The third kappa shape index (κ3) is 4.73. The minimum atomic E-state index is -0.640. The maximum Gasteiger partial charge on any atom is 0.337 e. The van der Waals surface area contributed by atoms with E-state index >= 15 is 0 Å². The monoisotopic (exact) mass is 455 g/mol. The lowest BCUT2D eigenvalue weighted by molar-refractivity contribution is -0.128. The lowest BCUT2D eigenvalue weighted by Crippen LogP contribution is -2.23. The molecule has 7 nitrogen and oxygen atoms in total. The van der Waals surface area contributed by atoms with E-state index in [1.165, 1.54) is 7.11 Å². The van der Waals surface area contributed by atoms with E-state index in [2.05, 4.69) is 5.32 Å². The number of rotatable bonds is 6. The predicted octanol–water partition coefficient (Wildman–Crippen LogP) is 3.96. The standard InChI is InChI=1S/C27H25N3O4/c1-30(2)23(31)15-17-9-12-20(13-10-17)28-25(18-7-5-4-6-8-18)24-21-14-11-19(27(33)34-3)16-22(21)29-26(24)32/h4-14,16,24H,15H2,1-3H3,(H,29,32). The molecule has 1 unspecified atom stereocenters. The van der Waals surface area contributed by atoms with Crippen molar-refractivity contribution in [2.24, 2.45) is 4.99 Å². The van der Waals surface area contributed by atoms with Crippen LogP contribution in [-0.4, -0.2) is 49.6 Å². The second-order valence-corrected chi connectivity index (χ2v) is 8.21. The molecular formula is C27H25N3O4. The molecule has 172 valence electrons. The Bertz CT molecular complexity index is 1260. The molecule has 3 aromatic carbocycles. The third-order valence-electron chi connectivity index (χ3n) is 5.69. The van der Waals surface area contributed by atoms with Gasteiger partial charge in [0.15, 0.2) is 0 Å². The van der Waals surface area contributed by atoms with Crippen LogP contribution in [0.1, 0.15) is 33.0 Å². The number of amides is 2. The summed E-state index contributed by atoms with van der Waals surface area (Å²) < 4.78 is 4.79. The zero-order chi connectivity index (χ0) is 24.2. The van der Waals surface area contributed by atoms with E-state index < -0.39 is 11.9 Å². The van der Waals surface area contributed by atoms with Crippen molar-refractivity contribution in [1.29, 1.82) is 0 Å². The number of hydrogen-bond donors (Lipinski definition) is 1. The van der Waals surface area contributed by atoms with E-state index in [-0.39, 0.29) is 11.8 Å². The van der Waals surface area contributed by atoms with E-state index in [4.69, 9.17) is 9.73 Å². The largest absolute Gasteiger partial charge is 0.465 e. The number of carbonyl (C=O) groups excluding carboxylic acids is 3. The van der Waals surface area contributed by atoms with Crippen molar-refractivity contribution in [1.82, 2.24) is 4.90 Å². The zero-order valence-electron chi connectivity index (χ0n) is 19.2. The number of benzene rings is 3. The molecule has 7 heteroatoms. The molecule has 1 atom stereocenters. The number of carbonyl (C=O) groups is 3. The average molecular weight is 456 g/mol. The van der Waals surface area contributed by atoms with E-state index in [0.717, 1.165) is 16.7 Å². The fourth-order valence-corrected chi connectivity index (χ4v) is 3.84. The highest BCUT2D eigenvalue weighted by molar-refractivity contribution is 6.24. The van der Waals surface area contributed by atoms with Gasteiger partial charge in [0.2, 0.25) is 11.8 Å². The molecule has 0 aromatic heterocycles. The Hall–Kier alpha value is -4.26. The number of methoxy groups -OCH3 is 1. The predicted molar refractivity (Wildman–Crippen MR) is 131 cm³/mol. The van der Waals surface area contributed by atoms with Crippen LogP contribution >= 0.6 is 0 Å². The minimum Gasteiger partial charge on any atom is -0.465 e. The molecule has 0 spiro atoms. The van der Waals surface area contributed by atoms with Gasteiger partial charge in [-0.25, -0.2) is 4.79 Å². The zero-order valence-corrected chi connectivity index (χ0v) is 19.2.